The summed E-state index contributed by atoms with van der Waals surface area (Å²) in [6.07, 6.45) is 2.87. The number of esters is 1. The van der Waals surface area contributed by atoms with Crippen LogP contribution in [0.1, 0.15) is 36.3 Å². The summed E-state index contributed by atoms with van der Waals surface area (Å²) >= 11 is 0. The van der Waals surface area contributed by atoms with Gasteiger partial charge in [-0.2, -0.15) is 0 Å². The fourth-order valence-electron chi connectivity index (χ4n) is 1.70. The van der Waals surface area contributed by atoms with Gasteiger partial charge in [-0.15, -0.1) is 0 Å². The maximum absolute atomic E-state index is 11.7. The number of hydrogen-bond acceptors (Lipinski definition) is 3. The van der Waals surface area contributed by atoms with Crippen molar-refractivity contribution in [3.63, 3.8) is 0 Å². The number of methoxy groups -OCH3 is 1. The Bertz CT molecular complexity index is 369. The molecule has 1 aromatic heterocycles. The van der Waals surface area contributed by atoms with Crippen LogP contribution in [0.15, 0.2) is 6.20 Å². The molecule has 0 unspecified atom stereocenters. The molecule has 4 heteroatoms. The Balaban J connectivity index is 3.09. The third-order valence-electron chi connectivity index (χ3n) is 2.48. The topological polar surface area (TPSA) is 40.5 Å². The van der Waals surface area contributed by atoms with Crippen LogP contribution in [0.5, 0.6) is 5.75 Å². The van der Waals surface area contributed by atoms with E-state index in [1.165, 1.54) is 0 Å². The molecule has 0 saturated heterocycles. The van der Waals surface area contributed by atoms with Crippen molar-refractivity contribution in [2.75, 3.05) is 13.7 Å². The van der Waals surface area contributed by atoms with Gasteiger partial charge in [0.15, 0.2) is 5.75 Å². The summed E-state index contributed by atoms with van der Waals surface area (Å²) in [6, 6.07) is 0. The third-order valence-corrected chi connectivity index (χ3v) is 2.48. The summed E-state index contributed by atoms with van der Waals surface area (Å²) in [4.78, 5) is 11.7. The van der Waals surface area contributed by atoms with Crippen LogP contribution in [-0.2, 0) is 11.3 Å². The Kier molecular flexibility index (Phi) is 4.40. The normalized spacial score (nSPS) is 10.2. The summed E-state index contributed by atoms with van der Waals surface area (Å²) in [5.41, 5.74) is 1.44. The lowest BCUT2D eigenvalue weighted by Crippen LogP contribution is -2.08. The second kappa shape index (κ2) is 5.58. The first-order valence-electron chi connectivity index (χ1n) is 5.56. The van der Waals surface area contributed by atoms with Gasteiger partial charge >= 0.3 is 5.97 Å². The lowest BCUT2D eigenvalue weighted by Gasteiger charge is -2.05. The zero-order chi connectivity index (χ0) is 12.1. The van der Waals surface area contributed by atoms with Crippen molar-refractivity contribution in [1.82, 2.24) is 4.57 Å². The average molecular weight is 225 g/mol. The van der Waals surface area contributed by atoms with Gasteiger partial charge < -0.3 is 14.0 Å². The van der Waals surface area contributed by atoms with Gasteiger partial charge in [-0.25, -0.2) is 4.79 Å². The highest BCUT2D eigenvalue weighted by molar-refractivity contribution is 5.94. The van der Waals surface area contributed by atoms with E-state index < -0.39 is 0 Å². The largest absolute Gasteiger partial charge is 0.494 e. The highest BCUT2D eigenvalue weighted by Crippen LogP contribution is 2.25. The van der Waals surface area contributed by atoms with Crippen LogP contribution < -0.4 is 4.74 Å². The summed E-state index contributed by atoms with van der Waals surface area (Å²) in [7, 11) is 1.56. The molecule has 0 spiro atoms. The van der Waals surface area contributed by atoms with Gasteiger partial charge in [-0.05, 0) is 20.3 Å². The van der Waals surface area contributed by atoms with Crippen molar-refractivity contribution < 1.29 is 14.3 Å². The number of rotatable bonds is 5. The number of nitrogens with zero attached hydrogens (tertiary/aromatic N) is 1. The van der Waals surface area contributed by atoms with Crippen LogP contribution in [-0.4, -0.2) is 24.3 Å². The zero-order valence-electron chi connectivity index (χ0n) is 10.4. The monoisotopic (exact) mass is 225 g/mol. The second-order valence-electron chi connectivity index (χ2n) is 3.57. The molecule has 90 valence electrons. The fraction of sp³-hybridized carbons (Fsp3) is 0.583. The molecular weight excluding hydrogens is 206 g/mol. The Morgan fingerprint density at radius 1 is 1.44 bits per heavy atom. The number of carbonyl (C=O) groups is 1. The molecule has 0 fully saturated rings. The minimum absolute atomic E-state index is 0.313. The zero-order valence-corrected chi connectivity index (χ0v) is 10.4. The van der Waals surface area contributed by atoms with Crippen molar-refractivity contribution in [3.8, 4) is 5.75 Å². The van der Waals surface area contributed by atoms with Crippen LogP contribution in [0.3, 0.4) is 0 Å². The number of aromatic nitrogens is 1. The lowest BCUT2D eigenvalue weighted by molar-refractivity contribution is 0.0522. The highest BCUT2D eigenvalue weighted by Gasteiger charge is 2.20. The molecule has 0 atom stereocenters. The second-order valence-corrected chi connectivity index (χ2v) is 3.57. The minimum Gasteiger partial charge on any atom is -0.494 e. The van der Waals surface area contributed by atoms with E-state index in [0.29, 0.717) is 17.9 Å². The van der Waals surface area contributed by atoms with E-state index >= 15 is 0 Å². The Labute approximate surface area is 96.2 Å². The molecule has 0 bridgehead atoms. The SMILES string of the molecule is CCCn1cc(OC)c(C(=O)OCC)c1C. The van der Waals surface area contributed by atoms with E-state index in [4.69, 9.17) is 9.47 Å². The van der Waals surface area contributed by atoms with Gasteiger partial charge in [-0.1, -0.05) is 6.92 Å². The molecule has 16 heavy (non-hydrogen) atoms. The molecule has 4 nitrogen and oxygen atoms in total. The Morgan fingerprint density at radius 2 is 2.12 bits per heavy atom. The molecule has 1 rings (SSSR count). The van der Waals surface area contributed by atoms with Crippen molar-refractivity contribution in [3.05, 3.63) is 17.5 Å². The molecule has 0 radical (unpaired) electrons. The molecule has 0 aromatic carbocycles. The van der Waals surface area contributed by atoms with E-state index in [1.807, 2.05) is 17.7 Å². The fourth-order valence-corrected chi connectivity index (χ4v) is 1.70. The van der Waals surface area contributed by atoms with Crippen LogP contribution in [0, 0.1) is 6.92 Å². The number of aryl methyl sites for hydroxylation is 1. The van der Waals surface area contributed by atoms with E-state index in [0.717, 1.165) is 18.7 Å². The predicted octanol–water partition coefficient (Wildman–Crippen LogP) is 2.39. The van der Waals surface area contributed by atoms with Gasteiger partial charge in [0.05, 0.1) is 13.7 Å². The van der Waals surface area contributed by atoms with Crippen molar-refractivity contribution in [2.45, 2.75) is 33.7 Å². The third kappa shape index (κ3) is 2.38. The van der Waals surface area contributed by atoms with Crippen LogP contribution in [0.25, 0.3) is 0 Å². The first-order valence-corrected chi connectivity index (χ1v) is 5.56. The maximum atomic E-state index is 11.7. The summed E-state index contributed by atoms with van der Waals surface area (Å²) in [6.45, 7) is 7.05. The lowest BCUT2D eigenvalue weighted by atomic mass is 10.2. The number of ether oxygens (including phenoxy) is 2. The summed E-state index contributed by atoms with van der Waals surface area (Å²) < 4.78 is 12.2. The number of hydrogen-bond donors (Lipinski definition) is 0. The van der Waals surface area contributed by atoms with Crippen LogP contribution in [0.2, 0.25) is 0 Å². The smallest absolute Gasteiger partial charge is 0.343 e. The first-order chi connectivity index (χ1) is 7.65. The van der Waals surface area contributed by atoms with Crippen LogP contribution in [0.4, 0.5) is 0 Å². The Morgan fingerprint density at radius 3 is 2.62 bits per heavy atom. The van der Waals surface area contributed by atoms with Crippen molar-refractivity contribution >= 4 is 5.97 Å². The van der Waals surface area contributed by atoms with E-state index in [-0.39, 0.29) is 5.97 Å². The maximum Gasteiger partial charge on any atom is 0.343 e. The molecule has 0 saturated carbocycles. The minimum atomic E-state index is -0.313. The standard InChI is InChI=1S/C12H19NO3/c1-5-7-13-8-10(15-4)11(9(13)3)12(14)16-6-2/h8H,5-7H2,1-4H3. The van der Waals surface area contributed by atoms with E-state index in [2.05, 4.69) is 6.92 Å². The van der Waals surface area contributed by atoms with Gasteiger partial charge in [0.25, 0.3) is 0 Å². The van der Waals surface area contributed by atoms with Crippen molar-refractivity contribution in [2.24, 2.45) is 0 Å². The molecular formula is C12H19NO3. The molecule has 0 aliphatic carbocycles. The van der Waals surface area contributed by atoms with Crippen molar-refractivity contribution in [1.29, 1.82) is 0 Å². The van der Waals surface area contributed by atoms with Gasteiger partial charge in [-0.3, -0.25) is 0 Å². The van der Waals surface area contributed by atoms with Gasteiger partial charge in [0, 0.05) is 18.4 Å². The predicted molar refractivity (Wildman–Crippen MR) is 62.0 cm³/mol. The first kappa shape index (κ1) is 12.6. The number of carbonyl (C=O) groups excluding carboxylic acids is 1. The highest BCUT2D eigenvalue weighted by atomic mass is 16.5. The average Bonchev–Trinajstić information content (AvgIpc) is 2.57. The molecule has 0 amide bonds. The molecule has 0 aliphatic heterocycles. The summed E-state index contributed by atoms with van der Waals surface area (Å²) in [5.74, 6) is 0.274. The molecule has 1 heterocycles. The van der Waals surface area contributed by atoms with Gasteiger partial charge in [0.1, 0.15) is 5.56 Å². The molecule has 1 aromatic rings. The summed E-state index contributed by atoms with van der Waals surface area (Å²) in [5, 5.41) is 0. The quantitative estimate of drug-likeness (QED) is 0.722. The molecule has 0 aliphatic rings. The Hall–Kier alpha value is -1.45. The van der Waals surface area contributed by atoms with E-state index in [1.54, 1.807) is 14.0 Å². The van der Waals surface area contributed by atoms with E-state index in [9.17, 15) is 4.79 Å². The van der Waals surface area contributed by atoms with Gasteiger partial charge in [0.2, 0.25) is 0 Å². The molecule has 0 N–H and O–H groups in total. The van der Waals surface area contributed by atoms with Crippen LogP contribution >= 0.6 is 0 Å².